The summed E-state index contributed by atoms with van der Waals surface area (Å²) in [6, 6.07) is 0. The van der Waals surface area contributed by atoms with E-state index in [1.165, 1.54) is 18.2 Å². The Labute approximate surface area is 200 Å². The molecule has 0 radical (unpaired) electrons. The van der Waals surface area contributed by atoms with Gasteiger partial charge in [-0.1, -0.05) is 33.3 Å². The molecule has 0 heterocycles. The van der Waals surface area contributed by atoms with Gasteiger partial charge in [-0.05, 0) is 67.6 Å². The highest BCUT2D eigenvalue weighted by molar-refractivity contribution is 6.01. The molecular weight excluding hydrogens is 442 g/mol. The fourth-order valence-electron chi connectivity index (χ4n) is 7.89. The van der Waals surface area contributed by atoms with Gasteiger partial charge in [0.05, 0.1) is 6.10 Å². The summed E-state index contributed by atoms with van der Waals surface area (Å²) < 4.78 is 37.7. The van der Waals surface area contributed by atoms with Crippen molar-refractivity contribution in [2.24, 2.45) is 34.5 Å². The highest BCUT2D eigenvalue weighted by Crippen LogP contribution is 2.70. The van der Waals surface area contributed by atoms with Crippen LogP contribution in [0, 0.1) is 34.5 Å². The van der Waals surface area contributed by atoms with Crippen LogP contribution in [0.3, 0.4) is 0 Å². The molecule has 4 unspecified atom stereocenters. The van der Waals surface area contributed by atoms with Gasteiger partial charge in [-0.2, -0.15) is 0 Å². The van der Waals surface area contributed by atoms with Crippen LogP contribution >= 0.6 is 0 Å². The second kappa shape index (κ2) is 8.65. The standard InChI is InChI=1S/C27H36F2O5/c1-5-6-7-23(33)34-14-21(31)24-15(2)10-17-18-12-20(28)19-11-16(30)8-9-26(19,4)27(18,29)22(32)13-25(17,24)3/h8-9,11,15,17-18,20,22,24,32H,5-7,10,12-14H2,1-4H3/t15-,17?,18?,20+,22+,24-,25?,26?,27+/m1/s1. The molecule has 7 heteroatoms. The number of fused-ring (bicyclic) bond motifs is 5. The SMILES string of the molecule is CCCCC(=O)OCC(=O)[C@H]1[C@H](C)CC2C3C[C@H](F)C4=CC(=O)C=CC4(C)[C@@]3(F)[C@@H](O)CC21C. The number of allylic oxidation sites excluding steroid dienone is 4. The minimum atomic E-state index is -2.15. The number of unbranched alkanes of at least 4 members (excludes halogenated alkanes) is 1. The highest BCUT2D eigenvalue weighted by atomic mass is 19.1. The van der Waals surface area contributed by atoms with Crippen molar-refractivity contribution < 1.29 is 33.0 Å². The molecule has 0 aromatic rings. The van der Waals surface area contributed by atoms with Gasteiger partial charge in [-0.15, -0.1) is 0 Å². The van der Waals surface area contributed by atoms with Crippen LogP contribution in [0.25, 0.3) is 0 Å². The molecule has 188 valence electrons. The van der Waals surface area contributed by atoms with E-state index < -0.39 is 46.6 Å². The fraction of sp³-hybridized carbons (Fsp3) is 0.741. The number of ether oxygens (including phenoxy) is 1. The second-order valence-electron chi connectivity index (χ2n) is 11.4. The zero-order valence-electron chi connectivity index (χ0n) is 20.5. The maximum Gasteiger partial charge on any atom is 0.306 e. The first-order chi connectivity index (χ1) is 15.9. The number of ketones is 2. The minimum Gasteiger partial charge on any atom is -0.458 e. The molecule has 34 heavy (non-hydrogen) atoms. The maximum atomic E-state index is 17.1. The third kappa shape index (κ3) is 3.52. The van der Waals surface area contributed by atoms with E-state index in [4.69, 9.17) is 4.74 Å². The van der Waals surface area contributed by atoms with Crippen molar-refractivity contribution in [1.82, 2.24) is 0 Å². The first kappa shape index (κ1) is 25.2. The number of carbonyl (C=O) groups excluding carboxylic acids is 3. The quantitative estimate of drug-likeness (QED) is 0.570. The number of esters is 1. The average molecular weight is 479 g/mol. The first-order valence-corrected chi connectivity index (χ1v) is 12.5. The molecule has 4 aliphatic rings. The van der Waals surface area contributed by atoms with Crippen molar-refractivity contribution in [3.05, 3.63) is 23.8 Å². The average Bonchev–Trinajstić information content (AvgIpc) is 3.03. The monoisotopic (exact) mass is 478 g/mol. The largest absolute Gasteiger partial charge is 0.458 e. The lowest BCUT2D eigenvalue weighted by molar-refractivity contribution is -0.202. The normalized spacial score (nSPS) is 45.1. The predicted molar refractivity (Wildman–Crippen MR) is 122 cm³/mol. The Balaban J connectivity index is 1.63. The van der Waals surface area contributed by atoms with Crippen LogP contribution in [0.5, 0.6) is 0 Å². The van der Waals surface area contributed by atoms with Gasteiger partial charge in [0.1, 0.15) is 12.8 Å². The lowest BCUT2D eigenvalue weighted by Gasteiger charge is -2.62. The summed E-state index contributed by atoms with van der Waals surface area (Å²) in [5.41, 5.74) is -4.21. The molecule has 1 N–H and O–H groups in total. The summed E-state index contributed by atoms with van der Waals surface area (Å²) in [6.07, 6.45) is 3.20. The second-order valence-corrected chi connectivity index (χ2v) is 11.4. The van der Waals surface area contributed by atoms with Crippen LogP contribution in [0.15, 0.2) is 23.8 Å². The molecule has 0 aromatic heterocycles. The highest BCUT2D eigenvalue weighted by Gasteiger charge is 2.73. The lowest BCUT2D eigenvalue weighted by atomic mass is 9.45. The molecule has 3 saturated carbocycles. The lowest BCUT2D eigenvalue weighted by Crippen LogP contribution is -2.68. The van der Waals surface area contributed by atoms with Crippen LogP contribution < -0.4 is 0 Å². The summed E-state index contributed by atoms with van der Waals surface area (Å²) in [6.45, 7) is 7.03. The van der Waals surface area contributed by atoms with Gasteiger partial charge in [0, 0.05) is 23.7 Å². The van der Waals surface area contributed by atoms with E-state index in [1.807, 2.05) is 20.8 Å². The molecule has 0 amide bonds. The van der Waals surface area contributed by atoms with E-state index >= 15 is 8.78 Å². The van der Waals surface area contributed by atoms with E-state index in [0.717, 1.165) is 6.42 Å². The number of hydrogen-bond acceptors (Lipinski definition) is 5. The first-order valence-electron chi connectivity index (χ1n) is 12.5. The van der Waals surface area contributed by atoms with Crippen molar-refractivity contribution >= 4 is 17.5 Å². The number of rotatable bonds is 6. The van der Waals surface area contributed by atoms with Crippen LogP contribution in [0.4, 0.5) is 8.78 Å². The zero-order valence-corrected chi connectivity index (χ0v) is 20.5. The molecule has 3 fully saturated rings. The van der Waals surface area contributed by atoms with Crippen molar-refractivity contribution in [2.45, 2.75) is 84.2 Å². The van der Waals surface area contributed by atoms with Gasteiger partial charge in [0.25, 0.3) is 0 Å². The number of alkyl halides is 2. The molecule has 4 rings (SSSR count). The van der Waals surface area contributed by atoms with Crippen molar-refractivity contribution in [1.29, 1.82) is 0 Å². The predicted octanol–water partition coefficient (Wildman–Crippen LogP) is 4.47. The van der Waals surface area contributed by atoms with Gasteiger partial charge >= 0.3 is 5.97 Å². The van der Waals surface area contributed by atoms with Gasteiger partial charge < -0.3 is 9.84 Å². The molecule has 5 nitrogen and oxygen atoms in total. The maximum absolute atomic E-state index is 17.1. The van der Waals surface area contributed by atoms with E-state index in [0.29, 0.717) is 12.8 Å². The molecule has 0 saturated heterocycles. The topological polar surface area (TPSA) is 80.7 Å². The van der Waals surface area contributed by atoms with E-state index in [1.54, 1.807) is 6.92 Å². The van der Waals surface area contributed by atoms with E-state index in [2.05, 4.69) is 0 Å². The number of aliphatic hydroxyl groups excluding tert-OH is 1. The number of Topliss-reactive ketones (excluding diaryl/α,β-unsaturated/α-hetero) is 1. The summed E-state index contributed by atoms with van der Waals surface area (Å²) >= 11 is 0. The number of halogens is 2. The summed E-state index contributed by atoms with van der Waals surface area (Å²) in [5.74, 6) is -2.75. The Morgan fingerprint density at radius 1 is 1.24 bits per heavy atom. The van der Waals surface area contributed by atoms with Crippen LogP contribution in [0.2, 0.25) is 0 Å². The summed E-state index contributed by atoms with van der Waals surface area (Å²) in [7, 11) is 0. The molecule has 0 aliphatic heterocycles. The number of hydrogen-bond donors (Lipinski definition) is 1. The molecule has 0 spiro atoms. The van der Waals surface area contributed by atoms with Gasteiger partial charge in [0.2, 0.25) is 0 Å². The van der Waals surface area contributed by atoms with Crippen LogP contribution in [-0.2, 0) is 19.1 Å². The Kier molecular flexibility index (Phi) is 6.41. The Morgan fingerprint density at radius 3 is 2.62 bits per heavy atom. The zero-order chi connectivity index (χ0) is 25.1. The summed E-state index contributed by atoms with van der Waals surface area (Å²) in [4.78, 5) is 37.1. The Bertz CT molecular complexity index is 943. The molecule has 0 aromatic carbocycles. The molecular formula is C27H36F2O5. The number of aliphatic hydroxyl groups is 1. The van der Waals surface area contributed by atoms with Crippen LogP contribution in [-0.4, -0.2) is 47.2 Å². The molecule has 0 bridgehead atoms. The molecule has 4 aliphatic carbocycles. The van der Waals surface area contributed by atoms with Gasteiger partial charge in [-0.3, -0.25) is 14.4 Å². The summed E-state index contributed by atoms with van der Waals surface area (Å²) in [5, 5.41) is 11.3. The van der Waals surface area contributed by atoms with E-state index in [-0.39, 0.29) is 54.8 Å². The Hall–Kier alpha value is -1.89. The fourth-order valence-corrected chi connectivity index (χ4v) is 7.89. The minimum absolute atomic E-state index is 0.0524. The number of carbonyl (C=O) groups is 3. The van der Waals surface area contributed by atoms with Gasteiger partial charge in [0.15, 0.2) is 17.2 Å². The molecule has 9 atom stereocenters. The third-order valence-corrected chi connectivity index (χ3v) is 9.43. The third-order valence-electron chi connectivity index (χ3n) is 9.43. The van der Waals surface area contributed by atoms with Crippen LogP contribution in [0.1, 0.15) is 66.2 Å². The van der Waals surface area contributed by atoms with Crippen molar-refractivity contribution in [2.75, 3.05) is 6.61 Å². The Morgan fingerprint density at radius 2 is 1.94 bits per heavy atom. The van der Waals surface area contributed by atoms with E-state index in [9.17, 15) is 19.5 Å². The van der Waals surface area contributed by atoms with Crippen molar-refractivity contribution in [3.8, 4) is 0 Å². The van der Waals surface area contributed by atoms with Crippen molar-refractivity contribution in [3.63, 3.8) is 0 Å². The van der Waals surface area contributed by atoms with Gasteiger partial charge in [-0.25, -0.2) is 8.78 Å². The smallest absolute Gasteiger partial charge is 0.306 e.